The first-order chi connectivity index (χ1) is 7.56. The van der Waals surface area contributed by atoms with E-state index in [4.69, 9.17) is 15.2 Å². The quantitative estimate of drug-likeness (QED) is 0.679. The highest BCUT2D eigenvalue weighted by Crippen LogP contribution is 2.40. The van der Waals surface area contributed by atoms with Gasteiger partial charge in [0.15, 0.2) is 5.75 Å². The van der Waals surface area contributed by atoms with Crippen LogP contribution in [0.1, 0.15) is 10.4 Å². The van der Waals surface area contributed by atoms with Crippen LogP contribution in [0.5, 0.6) is 11.5 Å². The molecule has 1 aromatic rings. The Kier molecular flexibility index (Phi) is 4.00. The van der Waals surface area contributed by atoms with Crippen LogP contribution in [0.4, 0.5) is 5.69 Å². The van der Waals surface area contributed by atoms with Crippen molar-refractivity contribution in [1.29, 1.82) is 0 Å². The van der Waals surface area contributed by atoms with Gasteiger partial charge in [0.25, 0.3) is 0 Å². The predicted molar refractivity (Wildman–Crippen MR) is 63.0 cm³/mol. The standard InChI is InChI=1S/C10H12BrNO4/c1-14-6-4-5(12)7(10(13)16-3)9(15-2)8(6)11/h4H,12H2,1-3H3. The van der Waals surface area contributed by atoms with Crippen molar-refractivity contribution in [2.75, 3.05) is 27.1 Å². The fraction of sp³-hybridized carbons (Fsp3) is 0.300. The number of benzene rings is 1. The number of anilines is 1. The fourth-order valence-corrected chi connectivity index (χ4v) is 1.92. The van der Waals surface area contributed by atoms with Crippen LogP contribution < -0.4 is 15.2 Å². The Balaban J connectivity index is 3.49. The van der Waals surface area contributed by atoms with Crippen LogP contribution >= 0.6 is 15.9 Å². The minimum absolute atomic E-state index is 0.178. The lowest BCUT2D eigenvalue weighted by atomic mass is 10.1. The van der Waals surface area contributed by atoms with Gasteiger partial charge in [0.1, 0.15) is 15.8 Å². The number of nitrogens with two attached hydrogens (primary N) is 1. The Labute approximate surface area is 102 Å². The molecule has 0 aromatic heterocycles. The zero-order valence-electron chi connectivity index (χ0n) is 9.17. The summed E-state index contributed by atoms with van der Waals surface area (Å²) in [6.07, 6.45) is 0. The maximum absolute atomic E-state index is 11.5. The summed E-state index contributed by atoms with van der Waals surface area (Å²) in [6.45, 7) is 0. The minimum atomic E-state index is -0.558. The molecule has 0 spiro atoms. The van der Waals surface area contributed by atoms with Gasteiger partial charge in [-0.25, -0.2) is 4.79 Å². The van der Waals surface area contributed by atoms with E-state index in [0.29, 0.717) is 16.0 Å². The molecule has 0 aliphatic rings. The van der Waals surface area contributed by atoms with E-state index in [1.165, 1.54) is 27.4 Å². The third kappa shape index (κ3) is 2.06. The lowest BCUT2D eigenvalue weighted by Gasteiger charge is -2.14. The summed E-state index contributed by atoms with van der Waals surface area (Å²) < 4.78 is 15.3. The topological polar surface area (TPSA) is 70.8 Å². The molecule has 1 rings (SSSR count). The number of carbonyl (C=O) groups excluding carboxylic acids is 1. The first kappa shape index (κ1) is 12.6. The van der Waals surface area contributed by atoms with Crippen molar-refractivity contribution in [3.05, 3.63) is 16.1 Å². The third-order valence-corrected chi connectivity index (χ3v) is 2.78. The summed E-state index contributed by atoms with van der Waals surface area (Å²) in [5.74, 6) is 0.225. The minimum Gasteiger partial charge on any atom is -0.495 e. The molecule has 1 aromatic carbocycles. The van der Waals surface area contributed by atoms with Gasteiger partial charge in [-0.15, -0.1) is 0 Å². The van der Waals surface area contributed by atoms with Gasteiger partial charge >= 0.3 is 5.97 Å². The van der Waals surface area contributed by atoms with E-state index in [1.54, 1.807) is 0 Å². The van der Waals surface area contributed by atoms with Gasteiger partial charge in [0.2, 0.25) is 0 Å². The van der Waals surface area contributed by atoms with Gasteiger partial charge in [-0.05, 0) is 15.9 Å². The molecule has 16 heavy (non-hydrogen) atoms. The van der Waals surface area contributed by atoms with Crippen molar-refractivity contribution in [2.45, 2.75) is 0 Å². The summed E-state index contributed by atoms with van der Waals surface area (Å²) in [5, 5.41) is 0. The SMILES string of the molecule is COC(=O)c1c(N)cc(OC)c(Br)c1OC. The smallest absolute Gasteiger partial charge is 0.343 e. The molecule has 2 N–H and O–H groups in total. The summed E-state index contributed by atoms with van der Waals surface area (Å²) in [7, 11) is 4.21. The number of hydrogen-bond acceptors (Lipinski definition) is 5. The Morgan fingerprint density at radius 2 is 1.94 bits per heavy atom. The van der Waals surface area contributed by atoms with E-state index in [-0.39, 0.29) is 11.3 Å². The van der Waals surface area contributed by atoms with Crippen LogP contribution in [0, 0.1) is 0 Å². The van der Waals surface area contributed by atoms with Crippen molar-refractivity contribution in [3.63, 3.8) is 0 Å². The molecule has 0 fully saturated rings. The molecule has 0 atom stereocenters. The Morgan fingerprint density at radius 3 is 2.38 bits per heavy atom. The Bertz CT molecular complexity index is 420. The van der Waals surface area contributed by atoms with Crippen LogP contribution in [-0.4, -0.2) is 27.3 Å². The van der Waals surface area contributed by atoms with Gasteiger partial charge in [-0.2, -0.15) is 0 Å². The number of rotatable bonds is 3. The molecule has 0 amide bonds. The Hall–Kier alpha value is -1.43. The van der Waals surface area contributed by atoms with Crippen LogP contribution in [0.15, 0.2) is 10.5 Å². The zero-order valence-corrected chi connectivity index (χ0v) is 10.8. The molecule has 0 bridgehead atoms. The van der Waals surface area contributed by atoms with Gasteiger partial charge < -0.3 is 19.9 Å². The first-order valence-corrected chi connectivity index (χ1v) is 5.14. The average molecular weight is 290 g/mol. The van der Waals surface area contributed by atoms with E-state index in [9.17, 15) is 4.79 Å². The Morgan fingerprint density at radius 1 is 1.31 bits per heavy atom. The molecule has 0 heterocycles. The largest absolute Gasteiger partial charge is 0.495 e. The molecular formula is C10H12BrNO4. The lowest BCUT2D eigenvalue weighted by molar-refractivity contribution is 0.0598. The van der Waals surface area contributed by atoms with Crippen LogP contribution in [-0.2, 0) is 4.74 Å². The second kappa shape index (κ2) is 5.07. The predicted octanol–water partition coefficient (Wildman–Crippen LogP) is 1.84. The second-order valence-corrected chi connectivity index (χ2v) is 3.67. The van der Waals surface area contributed by atoms with Crippen molar-refractivity contribution in [3.8, 4) is 11.5 Å². The van der Waals surface area contributed by atoms with Crippen molar-refractivity contribution >= 4 is 27.6 Å². The molecule has 88 valence electrons. The number of methoxy groups -OCH3 is 3. The third-order valence-electron chi connectivity index (χ3n) is 2.03. The highest BCUT2D eigenvalue weighted by Gasteiger charge is 2.22. The van der Waals surface area contributed by atoms with Crippen LogP contribution in [0.3, 0.4) is 0 Å². The molecule has 0 aliphatic carbocycles. The molecule has 6 heteroatoms. The normalized spacial score (nSPS) is 9.75. The van der Waals surface area contributed by atoms with Crippen LogP contribution in [0.25, 0.3) is 0 Å². The highest BCUT2D eigenvalue weighted by atomic mass is 79.9. The molecule has 0 saturated carbocycles. The van der Waals surface area contributed by atoms with E-state index >= 15 is 0 Å². The molecular weight excluding hydrogens is 278 g/mol. The number of halogens is 1. The van der Waals surface area contributed by atoms with E-state index in [2.05, 4.69) is 20.7 Å². The summed E-state index contributed by atoms with van der Waals surface area (Å²) in [4.78, 5) is 11.5. The van der Waals surface area contributed by atoms with Crippen LogP contribution in [0.2, 0.25) is 0 Å². The molecule has 5 nitrogen and oxygen atoms in total. The lowest BCUT2D eigenvalue weighted by Crippen LogP contribution is -2.09. The highest BCUT2D eigenvalue weighted by molar-refractivity contribution is 9.10. The monoisotopic (exact) mass is 289 g/mol. The van der Waals surface area contributed by atoms with Crippen molar-refractivity contribution < 1.29 is 19.0 Å². The van der Waals surface area contributed by atoms with E-state index in [1.807, 2.05) is 0 Å². The number of nitrogen functional groups attached to an aromatic ring is 1. The maximum atomic E-state index is 11.5. The molecule has 0 unspecified atom stereocenters. The number of hydrogen-bond donors (Lipinski definition) is 1. The zero-order chi connectivity index (χ0) is 12.3. The van der Waals surface area contributed by atoms with Crippen molar-refractivity contribution in [1.82, 2.24) is 0 Å². The van der Waals surface area contributed by atoms with Gasteiger partial charge in [0.05, 0.1) is 27.0 Å². The second-order valence-electron chi connectivity index (χ2n) is 2.88. The number of carbonyl (C=O) groups is 1. The van der Waals surface area contributed by atoms with Crippen molar-refractivity contribution in [2.24, 2.45) is 0 Å². The number of ether oxygens (including phenoxy) is 3. The molecule has 0 saturated heterocycles. The van der Waals surface area contributed by atoms with E-state index in [0.717, 1.165) is 0 Å². The maximum Gasteiger partial charge on any atom is 0.343 e. The first-order valence-electron chi connectivity index (χ1n) is 4.35. The van der Waals surface area contributed by atoms with Gasteiger partial charge in [-0.3, -0.25) is 0 Å². The number of esters is 1. The van der Waals surface area contributed by atoms with Gasteiger partial charge in [-0.1, -0.05) is 0 Å². The summed E-state index contributed by atoms with van der Waals surface area (Å²) >= 11 is 3.27. The molecule has 0 aliphatic heterocycles. The van der Waals surface area contributed by atoms with Gasteiger partial charge in [0, 0.05) is 6.07 Å². The average Bonchev–Trinajstić information content (AvgIpc) is 2.29. The van der Waals surface area contributed by atoms with E-state index < -0.39 is 5.97 Å². The fourth-order valence-electron chi connectivity index (χ4n) is 1.28. The molecule has 0 radical (unpaired) electrons. The summed E-state index contributed by atoms with van der Waals surface area (Å²) in [6, 6.07) is 1.53. The summed E-state index contributed by atoms with van der Waals surface area (Å²) in [5.41, 5.74) is 6.16.